The van der Waals surface area contributed by atoms with Gasteiger partial charge in [0, 0.05) is 12.7 Å². The summed E-state index contributed by atoms with van der Waals surface area (Å²) in [7, 11) is 4.18. The minimum atomic E-state index is -0.558. The molecule has 1 heterocycles. The van der Waals surface area contributed by atoms with Crippen molar-refractivity contribution < 1.29 is 23.9 Å². The molecule has 0 atom stereocenters. The number of rotatable bonds is 3. The number of esters is 2. The number of ether oxygens (including phenoxy) is 2. The molecular weight excluding hydrogens is 298 g/mol. The first-order valence-corrected chi connectivity index (χ1v) is 6.88. The Bertz CT molecular complexity index is 728. The van der Waals surface area contributed by atoms with Crippen LogP contribution in [0.1, 0.15) is 22.8 Å². The summed E-state index contributed by atoms with van der Waals surface area (Å²) in [6.07, 6.45) is 1.60. The van der Waals surface area contributed by atoms with Crippen molar-refractivity contribution in [3.63, 3.8) is 0 Å². The second-order valence-corrected chi connectivity index (χ2v) is 4.99. The van der Waals surface area contributed by atoms with Crippen molar-refractivity contribution >= 4 is 23.9 Å². The van der Waals surface area contributed by atoms with Crippen LogP contribution in [0.25, 0.3) is 6.08 Å². The highest BCUT2D eigenvalue weighted by molar-refractivity contribution is 6.16. The number of amides is 1. The molecule has 1 aromatic carbocycles. The third kappa shape index (κ3) is 3.01. The van der Waals surface area contributed by atoms with Crippen LogP contribution in [0.5, 0.6) is 0 Å². The van der Waals surface area contributed by atoms with Gasteiger partial charge in [-0.3, -0.25) is 4.79 Å². The van der Waals surface area contributed by atoms with Crippen LogP contribution in [0, 0.1) is 0 Å². The smallest absolute Gasteiger partial charge is 0.340 e. The van der Waals surface area contributed by atoms with Gasteiger partial charge in [-0.25, -0.2) is 9.59 Å². The molecule has 0 fully saturated rings. The Labute approximate surface area is 134 Å². The van der Waals surface area contributed by atoms with E-state index in [0.29, 0.717) is 16.8 Å². The van der Waals surface area contributed by atoms with Gasteiger partial charge in [0.25, 0.3) is 5.91 Å². The number of carbonyl (C=O) groups is 3. The number of hydrogen-bond donors (Lipinski definition) is 0. The molecule has 0 N–H and O–H groups in total. The van der Waals surface area contributed by atoms with E-state index in [2.05, 4.69) is 4.74 Å². The van der Waals surface area contributed by atoms with Crippen molar-refractivity contribution in [1.29, 1.82) is 0 Å². The lowest BCUT2D eigenvalue weighted by Gasteiger charge is -2.08. The number of carbonyl (C=O) groups excluding carboxylic acids is 3. The van der Waals surface area contributed by atoms with Crippen molar-refractivity contribution in [3.05, 3.63) is 52.2 Å². The van der Waals surface area contributed by atoms with E-state index in [1.165, 1.54) is 19.1 Å². The van der Waals surface area contributed by atoms with Crippen molar-refractivity contribution in [1.82, 2.24) is 4.90 Å². The minimum Gasteiger partial charge on any atom is -0.465 e. The summed E-state index contributed by atoms with van der Waals surface area (Å²) in [5.41, 5.74) is 2.15. The van der Waals surface area contributed by atoms with E-state index < -0.39 is 11.9 Å². The Kier molecular flexibility index (Phi) is 4.64. The molecule has 0 bridgehead atoms. The van der Waals surface area contributed by atoms with Gasteiger partial charge in [-0.1, -0.05) is 12.1 Å². The van der Waals surface area contributed by atoms with Gasteiger partial charge in [-0.15, -0.1) is 0 Å². The number of allylic oxidation sites excluding steroid dienone is 1. The zero-order valence-electron chi connectivity index (χ0n) is 13.4. The van der Waals surface area contributed by atoms with E-state index in [0.717, 1.165) is 0 Å². The van der Waals surface area contributed by atoms with Crippen LogP contribution in [0.2, 0.25) is 0 Å². The number of likely N-dealkylation sites (N-methyl/N-ethyl adjacent to an activating group) is 1. The van der Waals surface area contributed by atoms with Crippen molar-refractivity contribution in [2.75, 3.05) is 21.3 Å². The maximum absolute atomic E-state index is 12.3. The summed E-state index contributed by atoms with van der Waals surface area (Å²) >= 11 is 0. The topological polar surface area (TPSA) is 72.9 Å². The van der Waals surface area contributed by atoms with Crippen molar-refractivity contribution in [2.45, 2.75) is 6.92 Å². The molecule has 6 heteroatoms. The highest BCUT2D eigenvalue weighted by Gasteiger charge is 2.34. The van der Waals surface area contributed by atoms with Crippen LogP contribution >= 0.6 is 0 Å². The third-order valence-electron chi connectivity index (χ3n) is 3.70. The second kappa shape index (κ2) is 6.48. The van der Waals surface area contributed by atoms with Crippen LogP contribution in [0.4, 0.5) is 0 Å². The zero-order chi connectivity index (χ0) is 17.1. The van der Waals surface area contributed by atoms with Gasteiger partial charge in [0.2, 0.25) is 0 Å². The first-order chi connectivity index (χ1) is 10.9. The Balaban J connectivity index is 2.42. The van der Waals surface area contributed by atoms with Gasteiger partial charge < -0.3 is 14.4 Å². The van der Waals surface area contributed by atoms with Gasteiger partial charge in [-0.2, -0.15) is 0 Å². The van der Waals surface area contributed by atoms with Gasteiger partial charge in [-0.05, 0) is 30.7 Å². The van der Waals surface area contributed by atoms with Crippen molar-refractivity contribution in [2.24, 2.45) is 0 Å². The molecule has 1 aromatic rings. The summed E-state index contributed by atoms with van der Waals surface area (Å²) in [5.74, 6) is -1.27. The molecule has 0 saturated heterocycles. The van der Waals surface area contributed by atoms with E-state index >= 15 is 0 Å². The van der Waals surface area contributed by atoms with E-state index in [-0.39, 0.29) is 17.1 Å². The molecule has 0 radical (unpaired) electrons. The molecule has 0 saturated carbocycles. The lowest BCUT2D eigenvalue weighted by molar-refractivity contribution is -0.136. The van der Waals surface area contributed by atoms with E-state index in [1.54, 1.807) is 44.3 Å². The summed E-state index contributed by atoms with van der Waals surface area (Å²) in [6.45, 7) is 1.69. The standard InChI is InChI=1S/C17H17NO5/c1-10-14(17(21)23-4)13(15(19)18(10)2)9-11-5-7-12(8-6-11)16(20)22-3/h5-9H,1-4H3/b13-9-. The maximum atomic E-state index is 12.3. The zero-order valence-corrected chi connectivity index (χ0v) is 13.4. The number of hydrogen-bond acceptors (Lipinski definition) is 5. The Morgan fingerprint density at radius 3 is 2.13 bits per heavy atom. The predicted octanol–water partition coefficient (Wildman–Crippen LogP) is 1.78. The van der Waals surface area contributed by atoms with Crippen LogP contribution in [-0.2, 0) is 19.1 Å². The molecule has 1 amide bonds. The molecule has 23 heavy (non-hydrogen) atoms. The quantitative estimate of drug-likeness (QED) is 0.628. The van der Waals surface area contributed by atoms with Gasteiger partial charge in [0.1, 0.15) is 0 Å². The highest BCUT2D eigenvalue weighted by Crippen LogP contribution is 2.30. The fourth-order valence-electron chi connectivity index (χ4n) is 2.30. The fraction of sp³-hybridized carbons (Fsp3) is 0.235. The van der Waals surface area contributed by atoms with Crippen LogP contribution < -0.4 is 0 Å². The van der Waals surface area contributed by atoms with E-state index in [9.17, 15) is 14.4 Å². The largest absolute Gasteiger partial charge is 0.465 e. The maximum Gasteiger partial charge on any atom is 0.340 e. The van der Waals surface area contributed by atoms with Gasteiger partial charge in [0.05, 0.1) is 30.9 Å². The molecule has 1 aliphatic heterocycles. The van der Waals surface area contributed by atoms with Crippen LogP contribution in [0.3, 0.4) is 0 Å². The normalized spacial score (nSPS) is 16.1. The summed E-state index contributed by atoms with van der Waals surface area (Å²) in [4.78, 5) is 37.1. The Morgan fingerprint density at radius 2 is 1.61 bits per heavy atom. The Morgan fingerprint density at radius 1 is 1.04 bits per heavy atom. The van der Waals surface area contributed by atoms with Gasteiger partial charge in [0.15, 0.2) is 0 Å². The SMILES string of the molecule is COC(=O)C1=C(C)N(C)C(=O)/C1=C\c1ccc(C(=O)OC)cc1. The average Bonchev–Trinajstić information content (AvgIpc) is 2.78. The molecule has 0 unspecified atom stereocenters. The lowest BCUT2D eigenvalue weighted by atomic mass is 10.0. The second-order valence-electron chi connectivity index (χ2n) is 4.99. The summed E-state index contributed by atoms with van der Waals surface area (Å²) in [5, 5.41) is 0. The van der Waals surface area contributed by atoms with Crippen LogP contribution in [0.15, 0.2) is 41.1 Å². The average molecular weight is 315 g/mol. The lowest BCUT2D eigenvalue weighted by Crippen LogP contribution is -2.19. The molecule has 0 spiro atoms. The monoisotopic (exact) mass is 315 g/mol. The number of benzene rings is 1. The minimum absolute atomic E-state index is 0.247. The third-order valence-corrected chi connectivity index (χ3v) is 3.70. The molecule has 120 valence electrons. The van der Waals surface area contributed by atoms with E-state index in [4.69, 9.17) is 4.74 Å². The number of methoxy groups -OCH3 is 2. The van der Waals surface area contributed by atoms with Crippen molar-refractivity contribution in [3.8, 4) is 0 Å². The summed E-state index contributed by atoms with van der Waals surface area (Å²) in [6, 6.07) is 6.54. The predicted molar refractivity (Wildman–Crippen MR) is 83.2 cm³/mol. The number of nitrogens with zero attached hydrogens (tertiary/aromatic N) is 1. The molecule has 1 aliphatic rings. The molecule has 0 aromatic heterocycles. The Hall–Kier alpha value is -2.89. The molecular formula is C17H17NO5. The first kappa shape index (κ1) is 16.5. The fourth-order valence-corrected chi connectivity index (χ4v) is 2.30. The molecule has 2 rings (SSSR count). The van der Waals surface area contributed by atoms with E-state index in [1.807, 2.05) is 0 Å². The van der Waals surface area contributed by atoms with Gasteiger partial charge >= 0.3 is 11.9 Å². The van der Waals surface area contributed by atoms with Crippen LogP contribution in [-0.4, -0.2) is 44.0 Å². The molecule has 6 nitrogen and oxygen atoms in total. The first-order valence-electron chi connectivity index (χ1n) is 6.88. The highest BCUT2D eigenvalue weighted by atomic mass is 16.5. The summed E-state index contributed by atoms with van der Waals surface area (Å²) < 4.78 is 9.39. The molecule has 0 aliphatic carbocycles.